The maximum absolute atomic E-state index is 12.4. The number of nitrogens with zero attached hydrogens (tertiary/aromatic N) is 4. The van der Waals surface area contributed by atoms with Gasteiger partial charge in [-0.3, -0.25) is 10.1 Å². The molecule has 1 heterocycles. The summed E-state index contributed by atoms with van der Waals surface area (Å²) in [6.45, 7) is -0.242. The summed E-state index contributed by atoms with van der Waals surface area (Å²) in [6.07, 6.45) is 0. The molecule has 3 aromatic rings. The van der Waals surface area contributed by atoms with E-state index in [1.165, 1.54) is 18.2 Å². The van der Waals surface area contributed by atoms with Crippen LogP contribution in [0.4, 0.5) is 11.4 Å². The second-order valence-electron chi connectivity index (χ2n) is 5.80. The van der Waals surface area contributed by atoms with Crippen LogP contribution < -0.4 is 4.90 Å². The number of carbonyl (C=O) groups excluding carboxylic acids is 1. The molecule has 0 unspecified atom stereocenters. The zero-order valence-electron chi connectivity index (χ0n) is 14.7. The smallest absolute Gasteiger partial charge is 0.341 e. The van der Waals surface area contributed by atoms with E-state index >= 15 is 0 Å². The number of hydrogen-bond acceptors (Lipinski definition) is 8. The molecule has 0 aliphatic carbocycles. The molecule has 0 bridgehead atoms. The minimum Gasteiger partial charge on any atom is -0.452 e. The number of hydrogen-bond donors (Lipinski definition) is 0. The number of aromatic nitrogens is 2. The lowest BCUT2D eigenvalue weighted by atomic mass is 10.1. The van der Waals surface area contributed by atoms with Crippen LogP contribution in [0.25, 0.3) is 11.5 Å². The van der Waals surface area contributed by atoms with Crippen LogP contribution in [0.5, 0.6) is 0 Å². The summed E-state index contributed by atoms with van der Waals surface area (Å²) >= 11 is 0. The van der Waals surface area contributed by atoms with Gasteiger partial charge in [0.1, 0.15) is 0 Å². The van der Waals surface area contributed by atoms with E-state index in [4.69, 9.17) is 9.15 Å². The summed E-state index contributed by atoms with van der Waals surface area (Å²) in [5.74, 6) is -0.285. The van der Waals surface area contributed by atoms with Crippen molar-refractivity contribution in [3.05, 3.63) is 70.1 Å². The fraction of sp³-hybridized carbons (Fsp3) is 0.167. The van der Waals surface area contributed by atoms with Crippen LogP contribution in [0.3, 0.4) is 0 Å². The van der Waals surface area contributed by atoms with Crippen LogP contribution in [0.2, 0.25) is 0 Å². The third kappa shape index (κ3) is 4.09. The van der Waals surface area contributed by atoms with Gasteiger partial charge in [0.2, 0.25) is 5.89 Å². The van der Waals surface area contributed by atoms with Crippen molar-refractivity contribution in [2.45, 2.75) is 6.61 Å². The predicted molar refractivity (Wildman–Crippen MR) is 96.3 cm³/mol. The minimum absolute atomic E-state index is 0.0806. The summed E-state index contributed by atoms with van der Waals surface area (Å²) in [5.41, 5.74) is 1.13. The van der Waals surface area contributed by atoms with Crippen molar-refractivity contribution < 1.29 is 18.9 Å². The number of nitro groups is 1. The largest absolute Gasteiger partial charge is 0.452 e. The molecular formula is C18H16N4O5. The first-order valence-electron chi connectivity index (χ1n) is 7.96. The molecule has 0 saturated heterocycles. The van der Waals surface area contributed by atoms with E-state index in [9.17, 15) is 14.9 Å². The van der Waals surface area contributed by atoms with Gasteiger partial charge >= 0.3 is 5.97 Å². The van der Waals surface area contributed by atoms with Crippen LogP contribution in [0, 0.1) is 10.1 Å². The number of non-ortho nitro benzene ring substituents is 1. The summed E-state index contributed by atoms with van der Waals surface area (Å²) in [7, 11) is 3.45. The monoisotopic (exact) mass is 368 g/mol. The molecule has 9 nitrogen and oxygen atoms in total. The SMILES string of the molecule is CN(C)c1ccc([N+](=O)[O-])cc1C(=O)OCc1nnc(-c2ccccc2)o1. The van der Waals surface area contributed by atoms with Gasteiger partial charge in [0, 0.05) is 31.8 Å². The molecule has 1 aromatic heterocycles. The topological polar surface area (TPSA) is 112 Å². The molecule has 0 fully saturated rings. The molecule has 0 amide bonds. The maximum Gasteiger partial charge on any atom is 0.341 e. The highest BCUT2D eigenvalue weighted by atomic mass is 16.6. The Labute approximate surface area is 154 Å². The van der Waals surface area contributed by atoms with E-state index < -0.39 is 10.9 Å². The normalized spacial score (nSPS) is 10.4. The number of rotatable bonds is 6. The second-order valence-corrected chi connectivity index (χ2v) is 5.80. The lowest BCUT2D eigenvalue weighted by molar-refractivity contribution is -0.384. The molecule has 3 rings (SSSR count). The van der Waals surface area contributed by atoms with Gasteiger partial charge in [0.05, 0.1) is 16.2 Å². The molecular weight excluding hydrogens is 352 g/mol. The number of nitro benzene ring substituents is 1. The van der Waals surface area contributed by atoms with E-state index in [1.807, 2.05) is 30.3 Å². The molecule has 0 saturated carbocycles. The Hall–Kier alpha value is -3.75. The Bertz CT molecular complexity index is 969. The van der Waals surface area contributed by atoms with E-state index in [-0.39, 0.29) is 23.7 Å². The summed E-state index contributed by atoms with van der Waals surface area (Å²) < 4.78 is 10.7. The van der Waals surface area contributed by atoms with Crippen LogP contribution in [0.15, 0.2) is 52.9 Å². The van der Waals surface area contributed by atoms with Crippen LogP contribution in [-0.4, -0.2) is 35.2 Å². The van der Waals surface area contributed by atoms with Crippen molar-refractivity contribution in [3.63, 3.8) is 0 Å². The Balaban J connectivity index is 1.75. The van der Waals surface area contributed by atoms with E-state index in [2.05, 4.69) is 10.2 Å². The van der Waals surface area contributed by atoms with Gasteiger partial charge in [-0.05, 0) is 18.2 Å². The van der Waals surface area contributed by atoms with E-state index in [0.717, 1.165) is 5.56 Å². The Morgan fingerprint density at radius 1 is 1.19 bits per heavy atom. The molecule has 0 N–H and O–H groups in total. The molecule has 0 spiro atoms. The highest BCUT2D eigenvalue weighted by molar-refractivity contribution is 5.96. The average molecular weight is 368 g/mol. The summed E-state index contributed by atoms with van der Waals surface area (Å²) in [5, 5.41) is 18.7. The van der Waals surface area contributed by atoms with E-state index in [1.54, 1.807) is 19.0 Å². The van der Waals surface area contributed by atoms with Crippen molar-refractivity contribution in [3.8, 4) is 11.5 Å². The fourth-order valence-corrected chi connectivity index (χ4v) is 2.41. The second kappa shape index (κ2) is 7.65. The first-order chi connectivity index (χ1) is 13.0. The van der Waals surface area contributed by atoms with Crippen molar-refractivity contribution in [1.82, 2.24) is 10.2 Å². The van der Waals surface area contributed by atoms with Crippen molar-refractivity contribution in [1.29, 1.82) is 0 Å². The Kier molecular flexibility index (Phi) is 5.11. The fourth-order valence-electron chi connectivity index (χ4n) is 2.41. The van der Waals surface area contributed by atoms with Crippen LogP contribution in [0.1, 0.15) is 16.2 Å². The minimum atomic E-state index is -0.720. The zero-order valence-corrected chi connectivity index (χ0v) is 14.7. The van der Waals surface area contributed by atoms with Gasteiger partial charge in [-0.25, -0.2) is 4.79 Å². The first-order valence-corrected chi connectivity index (χ1v) is 7.96. The lowest BCUT2D eigenvalue weighted by Crippen LogP contribution is -2.16. The Morgan fingerprint density at radius 3 is 2.59 bits per heavy atom. The van der Waals surface area contributed by atoms with Gasteiger partial charge < -0.3 is 14.1 Å². The highest BCUT2D eigenvalue weighted by Crippen LogP contribution is 2.25. The quantitative estimate of drug-likeness (QED) is 0.371. The molecule has 2 aromatic carbocycles. The number of ether oxygens (including phenoxy) is 1. The molecule has 9 heteroatoms. The van der Waals surface area contributed by atoms with Crippen molar-refractivity contribution in [2.24, 2.45) is 0 Å². The zero-order chi connectivity index (χ0) is 19.4. The summed E-state index contributed by atoms with van der Waals surface area (Å²) in [4.78, 5) is 24.5. The van der Waals surface area contributed by atoms with Crippen molar-refractivity contribution >= 4 is 17.3 Å². The third-order valence-corrected chi connectivity index (χ3v) is 3.71. The molecule has 0 aliphatic rings. The van der Waals surface area contributed by atoms with Crippen molar-refractivity contribution in [2.75, 3.05) is 19.0 Å². The average Bonchev–Trinajstić information content (AvgIpc) is 3.15. The van der Waals surface area contributed by atoms with E-state index in [0.29, 0.717) is 11.6 Å². The van der Waals surface area contributed by atoms with Gasteiger partial charge in [-0.15, -0.1) is 10.2 Å². The number of carbonyl (C=O) groups is 1. The molecule has 0 atom stereocenters. The lowest BCUT2D eigenvalue weighted by Gasteiger charge is -2.16. The number of esters is 1. The highest BCUT2D eigenvalue weighted by Gasteiger charge is 2.20. The molecule has 0 radical (unpaired) electrons. The summed E-state index contributed by atoms with van der Waals surface area (Å²) in [6, 6.07) is 13.2. The third-order valence-electron chi connectivity index (χ3n) is 3.71. The maximum atomic E-state index is 12.4. The Morgan fingerprint density at radius 2 is 1.93 bits per heavy atom. The first kappa shape index (κ1) is 18.1. The van der Waals surface area contributed by atoms with Crippen LogP contribution >= 0.6 is 0 Å². The van der Waals surface area contributed by atoms with Gasteiger partial charge in [0.25, 0.3) is 11.6 Å². The molecule has 138 valence electrons. The standard InChI is InChI=1S/C18H16N4O5/c1-21(2)15-9-8-13(22(24)25)10-14(15)18(23)26-11-16-19-20-17(27-16)12-6-4-3-5-7-12/h3-10H,11H2,1-2H3. The number of anilines is 1. The van der Waals surface area contributed by atoms with Crippen LogP contribution in [-0.2, 0) is 11.3 Å². The van der Waals surface area contributed by atoms with Gasteiger partial charge in [0.15, 0.2) is 6.61 Å². The predicted octanol–water partition coefficient (Wildman–Crippen LogP) is 3.07. The molecule has 27 heavy (non-hydrogen) atoms. The number of benzene rings is 2. The van der Waals surface area contributed by atoms with Gasteiger partial charge in [-0.2, -0.15) is 0 Å². The van der Waals surface area contributed by atoms with Gasteiger partial charge in [-0.1, -0.05) is 18.2 Å². The molecule has 0 aliphatic heterocycles.